The molecule has 2 aliphatic heterocycles. The number of hydrogen-bond donors (Lipinski definition) is 0. The van der Waals surface area contributed by atoms with Gasteiger partial charge in [-0.25, -0.2) is 0 Å². The predicted octanol–water partition coefficient (Wildman–Crippen LogP) is 5.21. The minimum Gasteiger partial charge on any atom is -0.497 e. The number of methoxy groups -OCH3 is 1. The van der Waals surface area contributed by atoms with E-state index in [1.165, 1.54) is 42.4 Å². The molecule has 0 aliphatic carbocycles. The first-order chi connectivity index (χ1) is 12.1. The molecule has 1 aromatic rings. The zero-order valence-corrected chi connectivity index (χ0v) is 15.8. The summed E-state index contributed by atoms with van der Waals surface area (Å²) in [5, 5.41) is 0. The van der Waals surface area contributed by atoms with Crippen molar-refractivity contribution in [2.45, 2.75) is 43.6 Å². The van der Waals surface area contributed by atoms with Crippen LogP contribution in [0.3, 0.4) is 0 Å². The molecule has 3 unspecified atom stereocenters. The number of piperidine rings is 1. The van der Waals surface area contributed by atoms with E-state index in [9.17, 15) is 17.3 Å². The number of hydrogen-bond acceptors (Lipinski definition) is 1. The molecule has 0 radical (unpaired) electrons. The Labute approximate surface area is 153 Å². The van der Waals surface area contributed by atoms with E-state index in [-0.39, 0.29) is 5.41 Å². The van der Waals surface area contributed by atoms with Crippen molar-refractivity contribution in [1.82, 2.24) is 0 Å². The van der Waals surface area contributed by atoms with Crippen LogP contribution in [-0.4, -0.2) is 44.5 Å². The van der Waals surface area contributed by atoms with E-state index in [2.05, 4.69) is 44.8 Å². The fourth-order valence-electron chi connectivity index (χ4n) is 5.17. The summed E-state index contributed by atoms with van der Waals surface area (Å²) in [5.74, 6) is 0.976. The monoisotopic (exact) mass is 373 g/mol. The van der Waals surface area contributed by atoms with E-state index >= 15 is 0 Å². The molecule has 2 nitrogen and oxygen atoms in total. The van der Waals surface area contributed by atoms with Crippen molar-refractivity contribution in [3.8, 4) is 5.75 Å². The Morgan fingerprint density at radius 3 is 2.46 bits per heavy atom. The molecule has 3 rings (SSSR count). The summed E-state index contributed by atoms with van der Waals surface area (Å²) in [4.78, 5) is 0. The molecule has 26 heavy (non-hydrogen) atoms. The van der Waals surface area contributed by atoms with Crippen LogP contribution in [0.15, 0.2) is 36.9 Å². The SMILES string of the molecule is C=CCC1(c2cccc(OC)c2)CC[N+]2(C)CC12CCC.F[B-](F)(F)F. The van der Waals surface area contributed by atoms with E-state index < -0.39 is 7.25 Å². The number of allylic oxidation sites excluding steroid dienone is 1. The molecule has 2 heterocycles. The number of nitrogens with zero attached hydrogens (tertiary/aromatic N) is 1. The van der Waals surface area contributed by atoms with Gasteiger partial charge in [-0.15, -0.1) is 6.58 Å². The summed E-state index contributed by atoms with van der Waals surface area (Å²) in [6, 6.07) is 8.75. The molecule has 7 heteroatoms. The number of halogens is 4. The van der Waals surface area contributed by atoms with Gasteiger partial charge in [0.15, 0.2) is 5.54 Å². The first-order valence-corrected chi connectivity index (χ1v) is 9.05. The topological polar surface area (TPSA) is 9.23 Å². The van der Waals surface area contributed by atoms with Crippen LogP contribution >= 0.6 is 0 Å². The molecule has 2 fully saturated rings. The van der Waals surface area contributed by atoms with E-state index in [1.807, 2.05) is 6.07 Å². The standard InChI is InChI=1S/C19H28NO.BF4/c1-5-10-18(16-8-7-9-17(14-16)21-4)12-13-20(3)15-19(18,20)11-6-2;2-1(3,4)5/h5,7-9,14H,1,6,10-13,15H2,2-4H3;/q+1;-1. The van der Waals surface area contributed by atoms with Crippen LogP contribution < -0.4 is 4.74 Å². The number of likely N-dealkylation sites (N-methyl/N-ethyl adjacent to an activating group) is 1. The molecule has 2 saturated heterocycles. The highest BCUT2D eigenvalue weighted by Gasteiger charge is 2.80. The van der Waals surface area contributed by atoms with Crippen molar-refractivity contribution >= 4 is 7.25 Å². The van der Waals surface area contributed by atoms with Gasteiger partial charge in [0, 0.05) is 12.8 Å². The Morgan fingerprint density at radius 2 is 1.96 bits per heavy atom. The summed E-state index contributed by atoms with van der Waals surface area (Å²) in [6.45, 7) is 9.01. The maximum absolute atomic E-state index is 9.75. The molecule has 146 valence electrons. The van der Waals surface area contributed by atoms with Gasteiger partial charge in [0.25, 0.3) is 0 Å². The van der Waals surface area contributed by atoms with Crippen molar-refractivity contribution in [2.24, 2.45) is 0 Å². The molecule has 0 amide bonds. The Balaban J connectivity index is 0.000000431. The Morgan fingerprint density at radius 1 is 1.31 bits per heavy atom. The maximum atomic E-state index is 9.75. The summed E-state index contributed by atoms with van der Waals surface area (Å²) in [5.41, 5.74) is 2.12. The zero-order chi connectivity index (χ0) is 19.6. The molecule has 0 aromatic heterocycles. The highest BCUT2D eigenvalue weighted by atomic mass is 19.5. The lowest BCUT2D eigenvalue weighted by atomic mass is 9.65. The Kier molecular flexibility index (Phi) is 5.81. The molecule has 0 bridgehead atoms. The van der Waals surface area contributed by atoms with Crippen LogP contribution in [0.25, 0.3) is 0 Å². The third-order valence-corrected chi connectivity index (χ3v) is 6.24. The average Bonchev–Trinajstić information content (AvgIpc) is 3.08. The van der Waals surface area contributed by atoms with Crippen LogP contribution in [0.1, 0.15) is 38.2 Å². The second-order valence-electron chi connectivity index (χ2n) is 7.61. The number of quaternary nitrogens is 1. The number of benzene rings is 1. The fourth-order valence-corrected chi connectivity index (χ4v) is 5.17. The van der Waals surface area contributed by atoms with Gasteiger partial charge < -0.3 is 26.5 Å². The smallest absolute Gasteiger partial charge is 0.497 e. The summed E-state index contributed by atoms with van der Waals surface area (Å²) < 4.78 is 45.7. The number of rotatable bonds is 6. The van der Waals surface area contributed by atoms with Gasteiger partial charge in [-0.3, -0.25) is 0 Å². The van der Waals surface area contributed by atoms with Gasteiger partial charge in [-0.05, 0) is 30.5 Å². The van der Waals surface area contributed by atoms with Crippen LogP contribution in [0.5, 0.6) is 5.75 Å². The Bertz CT molecular complexity index is 647. The van der Waals surface area contributed by atoms with Gasteiger partial charge in [0.05, 0.1) is 26.1 Å². The quantitative estimate of drug-likeness (QED) is 0.219. The summed E-state index contributed by atoms with van der Waals surface area (Å²) in [7, 11) is -1.80. The van der Waals surface area contributed by atoms with Crippen molar-refractivity contribution in [3.05, 3.63) is 42.5 Å². The number of ether oxygens (including phenoxy) is 1. The highest BCUT2D eigenvalue weighted by molar-refractivity contribution is 6.50. The van der Waals surface area contributed by atoms with Gasteiger partial charge in [-0.1, -0.05) is 25.1 Å². The zero-order valence-electron chi connectivity index (χ0n) is 15.8. The fraction of sp³-hybridized carbons (Fsp3) is 0.579. The van der Waals surface area contributed by atoms with Crippen molar-refractivity contribution in [1.29, 1.82) is 0 Å². The summed E-state index contributed by atoms with van der Waals surface area (Å²) in [6.07, 6.45) is 7.05. The predicted molar refractivity (Wildman–Crippen MR) is 97.8 cm³/mol. The molecule has 3 atom stereocenters. The molecule has 2 aliphatic rings. The second-order valence-corrected chi connectivity index (χ2v) is 7.61. The number of fused-ring (bicyclic) bond motifs is 1. The largest absolute Gasteiger partial charge is 0.673 e. The molecular weight excluding hydrogens is 345 g/mol. The second kappa shape index (κ2) is 7.26. The van der Waals surface area contributed by atoms with Crippen LogP contribution in [0.4, 0.5) is 17.3 Å². The van der Waals surface area contributed by atoms with Crippen LogP contribution in [-0.2, 0) is 5.41 Å². The highest BCUT2D eigenvalue weighted by Crippen LogP contribution is 2.65. The minimum atomic E-state index is -6.00. The van der Waals surface area contributed by atoms with Gasteiger partial charge in [-0.2, -0.15) is 0 Å². The van der Waals surface area contributed by atoms with Gasteiger partial charge in [0.2, 0.25) is 0 Å². The molecular formula is C19H28BF4NO. The molecule has 0 spiro atoms. The first-order valence-electron chi connectivity index (χ1n) is 9.05. The average molecular weight is 373 g/mol. The van der Waals surface area contributed by atoms with Crippen LogP contribution in [0, 0.1) is 0 Å². The third-order valence-electron chi connectivity index (χ3n) is 6.24. The van der Waals surface area contributed by atoms with Crippen molar-refractivity contribution in [3.63, 3.8) is 0 Å². The lowest BCUT2D eigenvalue weighted by Gasteiger charge is -2.34. The van der Waals surface area contributed by atoms with E-state index in [0.29, 0.717) is 5.54 Å². The minimum absolute atomic E-state index is 0.244. The lowest BCUT2D eigenvalue weighted by Crippen LogP contribution is -2.42. The normalized spacial score (nSPS) is 32.3. The van der Waals surface area contributed by atoms with Crippen molar-refractivity contribution in [2.75, 3.05) is 27.2 Å². The molecule has 0 N–H and O–H groups in total. The van der Waals surface area contributed by atoms with Gasteiger partial charge >= 0.3 is 7.25 Å². The van der Waals surface area contributed by atoms with Crippen LogP contribution in [0.2, 0.25) is 0 Å². The first kappa shape index (κ1) is 20.8. The maximum Gasteiger partial charge on any atom is 0.673 e. The van der Waals surface area contributed by atoms with E-state index in [4.69, 9.17) is 4.74 Å². The summed E-state index contributed by atoms with van der Waals surface area (Å²) >= 11 is 0. The molecule has 1 aromatic carbocycles. The van der Waals surface area contributed by atoms with Gasteiger partial charge in [0.1, 0.15) is 12.3 Å². The third kappa shape index (κ3) is 3.64. The Hall–Kier alpha value is -1.50. The van der Waals surface area contributed by atoms with Crippen molar-refractivity contribution < 1.29 is 26.5 Å². The van der Waals surface area contributed by atoms with E-state index in [1.54, 1.807) is 7.11 Å². The van der Waals surface area contributed by atoms with E-state index in [0.717, 1.165) is 12.2 Å². The lowest BCUT2D eigenvalue weighted by molar-refractivity contribution is -0.798. The molecule has 0 saturated carbocycles.